The minimum absolute atomic E-state index is 0.138. The van der Waals surface area contributed by atoms with Gasteiger partial charge in [-0.3, -0.25) is 0 Å². The van der Waals surface area contributed by atoms with E-state index < -0.39 is 17.7 Å². The molecule has 0 radical (unpaired) electrons. The van der Waals surface area contributed by atoms with Gasteiger partial charge in [-0.25, -0.2) is 8.78 Å². The van der Waals surface area contributed by atoms with E-state index in [0.717, 1.165) is 18.9 Å². The number of hydrogen-bond acceptors (Lipinski definition) is 2. The fourth-order valence-corrected chi connectivity index (χ4v) is 2.11. The van der Waals surface area contributed by atoms with Crippen LogP contribution in [0.15, 0.2) is 18.2 Å². The standard InChI is InChI=1S/C13H17F2NO/c1-2-17-13(8-3-4-8)12(16)9-5-10(14)7-11(15)6-9/h5-8,12-13H,2-4,16H2,1H3. The first kappa shape index (κ1) is 12.5. The number of rotatable bonds is 5. The lowest BCUT2D eigenvalue weighted by atomic mass is 9.98. The maximum absolute atomic E-state index is 13.1. The second-order valence-electron chi connectivity index (χ2n) is 4.49. The first-order valence-corrected chi connectivity index (χ1v) is 5.95. The Labute approximate surface area is 99.8 Å². The Morgan fingerprint density at radius 1 is 1.29 bits per heavy atom. The highest BCUT2D eigenvalue weighted by atomic mass is 19.1. The molecule has 2 rings (SSSR count). The Morgan fingerprint density at radius 3 is 2.35 bits per heavy atom. The van der Waals surface area contributed by atoms with Crippen molar-refractivity contribution >= 4 is 0 Å². The molecule has 0 spiro atoms. The van der Waals surface area contributed by atoms with Crippen molar-refractivity contribution in [2.75, 3.05) is 6.61 Å². The maximum atomic E-state index is 13.1. The summed E-state index contributed by atoms with van der Waals surface area (Å²) in [5.41, 5.74) is 6.51. The van der Waals surface area contributed by atoms with Gasteiger partial charge < -0.3 is 10.5 Å². The molecule has 94 valence electrons. The van der Waals surface area contributed by atoms with Crippen LogP contribution < -0.4 is 5.73 Å². The van der Waals surface area contributed by atoms with Crippen LogP contribution >= 0.6 is 0 Å². The first-order chi connectivity index (χ1) is 8.11. The molecule has 4 heteroatoms. The van der Waals surface area contributed by atoms with Gasteiger partial charge in [-0.15, -0.1) is 0 Å². The van der Waals surface area contributed by atoms with Crippen molar-refractivity contribution in [1.82, 2.24) is 0 Å². The summed E-state index contributed by atoms with van der Waals surface area (Å²) in [6.07, 6.45) is 2.02. The monoisotopic (exact) mass is 241 g/mol. The normalized spacial score (nSPS) is 19.1. The molecule has 2 unspecified atom stereocenters. The molecule has 2 nitrogen and oxygen atoms in total. The molecule has 1 aliphatic rings. The molecule has 1 aliphatic carbocycles. The summed E-state index contributed by atoms with van der Waals surface area (Å²) in [5.74, 6) is -0.765. The van der Waals surface area contributed by atoms with E-state index in [1.807, 2.05) is 6.92 Å². The molecule has 0 aliphatic heterocycles. The lowest BCUT2D eigenvalue weighted by Crippen LogP contribution is -2.31. The molecule has 1 aromatic rings. The van der Waals surface area contributed by atoms with Crippen LogP contribution in [0.25, 0.3) is 0 Å². The third-order valence-corrected chi connectivity index (χ3v) is 3.07. The highest BCUT2D eigenvalue weighted by Gasteiger charge is 2.36. The Kier molecular flexibility index (Phi) is 3.74. The number of ether oxygens (including phenoxy) is 1. The van der Waals surface area contributed by atoms with E-state index in [1.165, 1.54) is 12.1 Å². The van der Waals surface area contributed by atoms with Crippen LogP contribution in [0.2, 0.25) is 0 Å². The fourth-order valence-electron chi connectivity index (χ4n) is 2.11. The lowest BCUT2D eigenvalue weighted by Gasteiger charge is -2.24. The van der Waals surface area contributed by atoms with Crippen molar-refractivity contribution in [3.63, 3.8) is 0 Å². The molecule has 1 aromatic carbocycles. The van der Waals surface area contributed by atoms with E-state index in [9.17, 15) is 8.78 Å². The predicted molar refractivity (Wildman–Crippen MR) is 61.4 cm³/mol. The minimum Gasteiger partial charge on any atom is -0.376 e. The number of benzene rings is 1. The number of hydrogen-bond donors (Lipinski definition) is 1. The average Bonchev–Trinajstić information content (AvgIpc) is 3.07. The zero-order chi connectivity index (χ0) is 12.4. The fraction of sp³-hybridized carbons (Fsp3) is 0.538. The van der Waals surface area contributed by atoms with Crippen molar-refractivity contribution in [3.8, 4) is 0 Å². The summed E-state index contributed by atoms with van der Waals surface area (Å²) in [6.45, 7) is 2.46. The molecular weight excluding hydrogens is 224 g/mol. The zero-order valence-electron chi connectivity index (χ0n) is 9.83. The van der Waals surface area contributed by atoms with Gasteiger partial charge in [-0.2, -0.15) is 0 Å². The Hall–Kier alpha value is -1.00. The molecular formula is C13H17F2NO. The van der Waals surface area contributed by atoms with Crippen molar-refractivity contribution in [3.05, 3.63) is 35.4 Å². The van der Waals surface area contributed by atoms with Gasteiger partial charge >= 0.3 is 0 Å². The molecule has 1 fully saturated rings. The Bertz CT molecular complexity index is 373. The van der Waals surface area contributed by atoms with Crippen molar-refractivity contribution in [2.45, 2.75) is 31.9 Å². The second-order valence-corrected chi connectivity index (χ2v) is 4.49. The van der Waals surface area contributed by atoms with E-state index in [4.69, 9.17) is 10.5 Å². The molecule has 1 saturated carbocycles. The van der Waals surface area contributed by atoms with Gasteiger partial charge in [-0.05, 0) is 43.4 Å². The predicted octanol–water partition coefficient (Wildman–Crippen LogP) is 2.78. The lowest BCUT2D eigenvalue weighted by molar-refractivity contribution is 0.0282. The summed E-state index contributed by atoms with van der Waals surface area (Å²) in [4.78, 5) is 0. The molecule has 0 bridgehead atoms. The van der Waals surface area contributed by atoms with Crippen LogP contribution in [0.4, 0.5) is 8.78 Å². The molecule has 0 amide bonds. The third-order valence-electron chi connectivity index (χ3n) is 3.07. The Morgan fingerprint density at radius 2 is 1.88 bits per heavy atom. The molecule has 0 heterocycles. The van der Waals surface area contributed by atoms with Gasteiger partial charge in [0.25, 0.3) is 0 Å². The molecule has 17 heavy (non-hydrogen) atoms. The Balaban J connectivity index is 2.18. The highest BCUT2D eigenvalue weighted by molar-refractivity contribution is 5.22. The molecule has 0 aromatic heterocycles. The molecule has 2 atom stereocenters. The summed E-state index contributed by atoms with van der Waals surface area (Å²) >= 11 is 0. The van der Waals surface area contributed by atoms with Gasteiger partial charge in [0.1, 0.15) is 11.6 Å². The topological polar surface area (TPSA) is 35.2 Å². The van der Waals surface area contributed by atoms with E-state index in [0.29, 0.717) is 18.1 Å². The SMILES string of the molecule is CCOC(C1CC1)C(N)c1cc(F)cc(F)c1. The maximum Gasteiger partial charge on any atom is 0.126 e. The van der Waals surface area contributed by atoms with E-state index in [1.54, 1.807) is 0 Å². The third kappa shape index (κ3) is 3.01. The largest absolute Gasteiger partial charge is 0.376 e. The quantitative estimate of drug-likeness (QED) is 0.860. The number of halogens is 2. The van der Waals surface area contributed by atoms with E-state index >= 15 is 0 Å². The van der Waals surface area contributed by atoms with Crippen molar-refractivity contribution in [2.24, 2.45) is 11.7 Å². The van der Waals surface area contributed by atoms with Crippen molar-refractivity contribution in [1.29, 1.82) is 0 Å². The summed E-state index contributed by atoms with van der Waals surface area (Å²) in [5, 5.41) is 0. The van der Waals surface area contributed by atoms with Crippen LogP contribution in [-0.4, -0.2) is 12.7 Å². The smallest absolute Gasteiger partial charge is 0.126 e. The van der Waals surface area contributed by atoms with Gasteiger partial charge in [0.2, 0.25) is 0 Å². The van der Waals surface area contributed by atoms with Crippen LogP contribution in [0.3, 0.4) is 0 Å². The van der Waals surface area contributed by atoms with Crippen LogP contribution in [0.1, 0.15) is 31.4 Å². The molecule has 2 N–H and O–H groups in total. The van der Waals surface area contributed by atoms with Crippen LogP contribution in [0, 0.1) is 17.6 Å². The van der Waals surface area contributed by atoms with Gasteiger partial charge in [-0.1, -0.05) is 0 Å². The average molecular weight is 241 g/mol. The summed E-state index contributed by atoms with van der Waals surface area (Å²) < 4.78 is 31.8. The van der Waals surface area contributed by atoms with Gasteiger partial charge in [0.05, 0.1) is 12.1 Å². The van der Waals surface area contributed by atoms with Crippen molar-refractivity contribution < 1.29 is 13.5 Å². The van der Waals surface area contributed by atoms with Crippen LogP contribution in [-0.2, 0) is 4.74 Å². The van der Waals surface area contributed by atoms with E-state index in [2.05, 4.69) is 0 Å². The highest BCUT2D eigenvalue weighted by Crippen LogP contribution is 2.39. The first-order valence-electron chi connectivity index (χ1n) is 5.95. The van der Waals surface area contributed by atoms with Crippen LogP contribution in [0.5, 0.6) is 0 Å². The minimum atomic E-state index is -0.596. The number of nitrogens with two attached hydrogens (primary N) is 1. The zero-order valence-corrected chi connectivity index (χ0v) is 9.83. The second kappa shape index (κ2) is 5.10. The van der Waals surface area contributed by atoms with Gasteiger partial charge in [0.15, 0.2) is 0 Å². The van der Waals surface area contributed by atoms with E-state index in [-0.39, 0.29) is 6.10 Å². The summed E-state index contributed by atoms with van der Waals surface area (Å²) in [7, 11) is 0. The molecule has 0 saturated heterocycles. The summed E-state index contributed by atoms with van der Waals surface area (Å²) in [6, 6.07) is 2.94. The van der Waals surface area contributed by atoms with Gasteiger partial charge in [0, 0.05) is 12.7 Å².